The molecule has 3 heteroatoms. The average molecular weight is 330 g/mol. The van der Waals surface area contributed by atoms with Crippen LogP contribution < -0.4 is 0 Å². The standard InChI is InChI=1S/C22H18O3/c1-15(23)20-13-12-19(16-6-4-3-5-7-16)14-21(20)17-8-10-18(11-9-17)22(24)25-2/h3-14H,1-2H3. The van der Waals surface area contributed by atoms with E-state index in [0.717, 1.165) is 22.3 Å². The van der Waals surface area contributed by atoms with Gasteiger partial charge in [-0.25, -0.2) is 4.79 Å². The number of rotatable bonds is 4. The summed E-state index contributed by atoms with van der Waals surface area (Å²) in [5, 5.41) is 0. The van der Waals surface area contributed by atoms with E-state index in [1.54, 1.807) is 19.1 Å². The molecule has 124 valence electrons. The first kappa shape index (κ1) is 16.7. The molecule has 0 N–H and O–H groups in total. The summed E-state index contributed by atoms with van der Waals surface area (Å²) in [6.45, 7) is 1.56. The Morgan fingerprint density at radius 1 is 0.760 bits per heavy atom. The van der Waals surface area contributed by atoms with E-state index in [-0.39, 0.29) is 11.8 Å². The van der Waals surface area contributed by atoms with Crippen molar-refractivity contribution in [1.82, 2.24) is 0 Å². The van der Waals surface area contributed by atoms with Gasteiger partial charge in [0, 0.05) is 5.56 Å². The lowest BCUT2D eigenvalue weighted by Crippen LogP contribution is -2.01. The predicted octanol–water partition coefficient (Wildman–Crippen LogP) is 5.01. The van der Waals surface area contributed by atoms with Gasteiger partial charge < -0.3 is 4.74 Å². The summed E-state index contributed by atoms with van der Waals surface area (Å²) >= 11 is 0. The zero-order chi connectivity index (χ0) is 17.8. The van der Waals surface area contributed by atoms with Crippen LogP contribution in [0.15, 0.2) is 72.8 Å². The van der Waals surface area contributed by atoms with Gasteiger partial charge in [0.2, 0.25) is 0 Å². The highest BCUT2D eigenvalue weighted by Crippen LogP contribution is 2.30. The average Bonchev–Trinajstić information content (AvgIpc) is 2.67. The molecule has 0 unspecified atom stereocenters. The molecule has 0 amide bonds. The van der Waals surface area contributed by atoms with Gasteiger partial charge in [0.15, 0.2) is 5.78 Å². The van der Waals surface area contributed by atoms with E-state index in [1.807, 2.05) is 60.7 Å². The van der Waals surface area contributed by atoms with Gasteiger partial charge in [0.1, 0.15) is 0 Å². The Hall–Kier alpha value is -3.20. The number of esters is 1. The molecule has 0 radical (unpaired) electrons. The largest absolute Gasteiger partial charge is 0.465 e. The Kier molecular flexibility index (Phi) is 4.75. The lowest BCUT2D eigenvalue weighted by molar-refractivity contribution is 0.0600. The number of hydrogen-bond donors (Lipinski definition) is 0. The molecule has 3 aromatic rings. The normalized spacial score (nSPS) is 10.3. The van der Waals surface area contributed by atoms with Gasteiger partial charge in [-0.2, -0.15) is 0 Å². The van der Waals surface area contributed by atoms with Crippen LogP contribution in [0.1, 0.15) is 27.6 Å². The molecular weight excluding hydrogens is 312 g/mol. The van der Waals surface area contributed by atoms with Crippen molar-refractivity contribution in [3.8, 4) is 22.3 Å². The first-order valence-corrected chi connectivity index (χ1v) is 7.99. The summed E-state index contributed by atoms with van der Waals surface area (Å²) in [6, 6.07) is 22.9. The van der Waals surface area contributed by atoms with Crippen molar-refractivity contribution in [3.05, 3.63) is 83.9 Å². The van der Waals surface area contributed by atoms with Gasteiger partial charge in [-0.1, -0.05) is 54.6 Å². The number of ether oxygens (including phenoxy) is 1. The van der Waals surface area contributed by atoms with Gasteiger partial charge in [0.05, 0.1) is 12.7 Å². The lowest BCUT2D eigenvalue weighted by atomic mass is 9.92. The van der Waals surface area contributed by atoms with E-state index in [2.05, 4.69) is 0 Å². The van der Waals surface area contributed by atoms with Crippen LogP contribution in [-0.2, 0) is 4.74 Å². The quantitative estimate of drug-likeness (QED) is 0.499. The van der Waals surface area contributed by atoms with E-state index in [4.69, 9.17) is 4.74 Å². The van der Waals surface area contributed by atoms with Gasteiger partial charge in [0.25, 0.3) is 0 Å². The summed E-state index contributed by atoms with van der Waals surface area (Å²) in [7, 11) is 1.35. The molecule has 25 heavy (non-hydrogen) atoms. The SMILES string of the molecule is COC(=O)c1ccc(-c2cc(-c3ccccc3)ccc2C(C)=O)cc1. The maximum atomic E-state index is 12.0. The predicted molar refractivity (Wildman–Crippen MR) is 98.7 cm³/mol. The number of hydrogen-bond acceptors (Lipinski definition) is 3. The van der Waals surface area contributed by atoms with Crippen molar-refractivity contribution < 1.29 is 14.3 Å². The molecule has 3 rings (SSSR count). The fourth-order valence-electron chi connectivity index (χ4n) is 2.80. The molecule has 3 nitrogen and oxygen atoms in total. The lowest BCUT2D eigenvalue weighted by Gasteiger charge is -2.11. The van der Waals surface area contributed by atoms with Crippen molar-refractivity contribution >= 4 is 11.8 Å². The highest BCUT2D eigenvalue weighted by Gasteiger charge is 2.12. The van der Waals surface area contributed by atoms with E-state index in [1.165, 1.54) is 7.11 Å². The maximum Gasteiger partial charge on any atom is 0.337 e. The fraction of sp³-hybridized carbons (Fsp3) is 0.0909. The van der Waals surface area contributed by atoms with Crippen LogP contribution in [0.3, 0.4) is 0 Å². The molecule has 0 saturated heterocycles. The number of ketones is 1. The Bertz CT molecular complexity index is 910. The molecule has 0 aliphatic rings. The second kappa shape index (κ2) is 7.14. The molecule has 0 fully saturated rings. The van der Waals surface area contributed by atoms with E-state index in [9.17, 15) is 9.59 Å². The zero-order valence-corrected chi connectivity index (χ0v) is 14.2. The summed E-state index contributed by atoms with van der Waals surface area (Å²) in [4.78, 5) is 23.6. The Labute approximate surface area is 146 Å². The Morgan fingerprint density at radius 2 is 1.40 bits per heavy atom. The number of carbonyl (C=O) groups excluding carboxylic acids is 2. The highest BCUT2D eigenvalue weighted by atomic mass is 16.5. The van der Waals surface area contributed by atoms with Gasteiger partial charge in [-0.05, 0) is 47.4 Å². The molecule has 0 atom stereocenters. The molecule has 0 heterocycles. The van der Waals surface area contributed by atoms with Crippen LogP contribution in [0.25, 0.3) is 22.3 Å². The fourth-order valence-corrected chi connectivity index (χ4v) is 2.80. The molecule has 0 aliphatic heterocycles. The number of Topliss-reactive ketones (excluding diaryl/α,β-unsaturated/α-hetero) is 1. The van der Waals surface area contributed by atoms with E-state index < -0.39 is 0 Å². The number of carbonyl (C=O) groups is 2. The van der Waals surface area contributed by atoms with E-state index >= 15 is 0 Å². The molecular formula is C22H18O3. The third-order valence-electron chi connectivity index (χ3n) is 4.12. The Balaban J connectivity index is 2.09. The summed E-state index contributed by atoms with van der Waals surface area (Å²) < 4.78 is 4.73. The molecule has 0 bridgehead atoms. The summed E-state index contributed by atoms with van der Waals surface area (Å²) in [6.07, 6.45) is 0. The minimum atomic E-state index is -0.378. The monoisotopic (exact) mass is 330 g/mol. The topological polar surface area (TPSA) is 43.4 Å². The first-order valence-electron chi connectivity index (χ1n) is 7.99. The van der Waals surface area contributed by atoms with Gasteiger partial charge in [-0.15, -0.1) is 0 Å². The minimum absolute atomic E-state index is 0.00616. The molecule has 0 aromatic heterocycles. The smallest absolute Gasteiger partial charge is 0.337 e. The minimum Gasteiger partial charge on any atom is -0.465 e. The molecule has 0 aliphatic carbocycles. The molecule has 0 spiro atoms. The third-order valence-corrected chi connectivity index (χ3v) is 4.12. The second-order valence-electron chi connectivity index (χ2n) is 5.75. The highest BCUT2D eigenvalue weighted by molar-refractivity contribution is 6.02. The first-order chi connectivity index (χ1) is 12.1. The van der Waals surface area contributed by atoms with Crippen LogP contribution in [-0.4, -0.2) is 18.9 Å². The van der Waals surface area contributed by atoms with E-state index in [0.29, 0.717) is 11.1 Å². The van der Waals surface area contributed by atoms with Gasteiger partial charge in [-0.3, -0.25) is 4.79 Å². The number of benzene rings is 3. The van der Waals surface area contributed by atoms with Crippen LogP contribution in [0.4, 0.5) is 0 Å². The van der Waals surface area contributed by atoms with Gasteiger partial charge >= 0.3 is 5.97 Å². The van der Waals surface area contributed by atoms with Crippen molar-refractivity contribution in [1.29, 1.82) is 0 Å². The number of methoxy groups -OCH3 is 1. The van der Waals surface area contributed by atoms with Crippen LogP contribution in [0, 0.1) is 0 Å². The van der Waals surface area contributed by atoms with Crippen LogP contribution in [0.2, 0.25) is 0 Å². The summed E-state index contributed by atoms with van der Waals surface area (Å²) in [5.74, 6) is -0.372. The van der Waals surface area contributed by atoms with Crippen LogP contribution >= 0.6 is 0 Å². The summed E-state index contributed by atoms with van der Waals surface area (Å²) in [5.41, 5.74) is 5.00. The van der Waals surface area contributed by atoms with Crippen molar-refractivity contribution in [2.45, 2.75) is 6.92 Å². The van der Waals surface area contributed by atoms with Crippen molar-refractivity contribution in [2.75, 3.05) is 7.11 Å². The van der Waals surface area contributed by atoms with Crippen LogP contribution in [0.5, 0.6) is 0 Å². The second-order valence-corrected chi connectivity index (χ2v) is 5.75. The maximum absolute atomic E-state index is 12.0. The zero-order valence-electron chi connectivity index (χ0n) is 14.2. The van der Waals surface area contributed by atoms with Crippen molar-refractivity contribution in [3.63, 3.8) is 0 Å². The van der Waals surface area contributed by atoms with Crippen molar-refractivity contribution in [2.24, 2.45) is 0 Å². The third kappa shape index (κ3) is 3.50. The molecule has 0 saturated carbocycles. The molecule has 3 aromatic carbocycles. The Morgan fingerprint density at radius 3 is 2.00 bits per heavy atom.